The number of hydrogen-bond donors (Lipinski definition) is 1. The molecule has 0 spiro atoms. The molecule has 33 heavy (non-hydrogen) atoms. The Labute approximate surface area is 201 Å². The third-order valence-electron chi connectivity index (χ3n) is 5.63. The van der Waals surface area contributed by atoms with Crippen molar-refractivity contribution in [2.24, 2.45) is 0 Å². The summed E-state index contributed by atoms with van der Waals surface area (Å²) in [5, 5.41) is 9.50. The average molecular weight is 485 g/mol. The van der Waals surface area contributed by atoms with Crippen LogP contribution in [0.5, 0.6) is 11.6 Å². The molecule has 1 unspecified atom stereocenters. The van der Waals surface area contributed by atoms with Crippen LogP contribution in [0.3, 0.4) is 0 Å². The summed E-state index contributed by atoms with van der Waals surface area (Å²) in [6, 6.07) is 7.78. The van der Waals surface area contributed by atoms with Crippen molar-refractivity contribution in [2.45, 2.75) is 33.0 Å². The predicted molar refractivity (Wildman–Crippen MR) is 127 cm³/mol. The molecule has 1 aliphatic heterocycles. The number of halogens is 2. The van der Waals surface area contributed by atoms with Gasteiger partial charge < -0.3 is 14.2 Å². The van der Waals surface area contributed by atoms with Crippen LogP contribution in [0.4, 0.5) is 0 Å². The molecule has 1 aliphatic rings. The molecule has 170 valence electrons. The number of rotatable bonds is 6. The number of pyridine rings is 2. The molecule has 4 aromatic rings. The maximum absolute atomic E-state index is 6.36. The second kappa shape index (κ2) is 9.17. The lowest BCUT2D eigenvalue weighted by Crippen LogP contribution is -2.17. The number of ether oxygens (including phenoxy) is 3. The highest BCUT2D eigenvalue weighted by Crippen LogP contribution is 2.32. The second-order valence-corrected chi connectivity index (χ2v) is 8.79. The summed E-state index contributed by atoms with van der Waals surface area (Å²) < 4.78 is 17.4. The topological polar surface area (TPSA) is 82.2 Å². The van der Waals surface area contributed by atoms with Gasteiger partial charge in [-0.25, -0.2) is 4.98 Å². The molecule has 0 amide bonds. The molecule has 4 heterocycles. The highest BCUT2D eigenvalue weighted by Gasteiger charge is 2.19. The highest BCUT2D eigenvalue weighted by atomic mass is 35.5. The molecule has 1 fully saturated rings. The van der Waals surface area contributed by atoms with Crippen molar-refractivity contribution >= 4 is 34.1 Å². The van der Waals surface area contributed by atoms with Crippen molar-refractivity contribution in [3.8, 4) is 22.9 Å². The fraction of sp³-hybridized carbons (Fsp3) is 0.292. The second-order valence-electron chi connectivity index (χ2n) is 8.00. The number of nitrogens with zero attached hydrogens (tertiary/aromatic N) is 3. The molecule has 0 radical (unpaired) electrons. The number of H-pyrrole nitrogens is 1. The molecule has 0 saturated carbocycles. The Morgan fingerprint density at radius 1 is 1.15 bits per heavy atom. The fourth-order valence-electron chi connectivity index (χ4n) is 3.78. The minimum absolute atomic E-state index is 0.0548. The maximum atomic E-state index is 6.36. The Morgan fingerprint density at radius 2 is 2.03 bits per heavy atom. The number of aromatic amines is 1. The summed E-state index contributed by atoms with van der Waals surface area (Å²) in [6.07, 6.45) is 4.30. The first-order valence-corrected chi connectivity index (χ1v) is 11.4. The Balaban J connectivity index is 1.39. The van der Waals surface area contributed by atoms with E-state index in [9.17, 15) is 0 Å². The van der Waals surface area contributed by atoms with Crippen LogP contribution in [0.25, 0.3) is 22.2 Å². The van der Waals surface area contributed by atoms with E-state index in [-0.39, 0.29) is 12.7 Å². The van der Waals surface area contributed by atoms with Gasteiger partial charge in [-0.05, 0) is 38.1 Å². The predicted octanol–water partition coefficient (Wildman–Crippen LogP) is 5.69. The van der Waals surface area contributed by atoms with Crippen LogP contribution in [0.2, 0.25) is 10.0 Å². The lowest BCUT2D eigenvalue weighted by Gasteiger charge is -2.13. The number of aryl methyl sites for hydroxylation is 2. The molecule has 7 nitrogen and oxygen atoms in total. The van der Waals surface area contributed by atoms with Gasteiger partial charge in [0.25, 0.3) is 0 Å². The van der Waals surface area contributed by atoms with E-state index in [1.807, 2.05) is 38.1 Å². The van der Waals surface area contributed by atoms with Gasteiger partial charge in [0.2, 0.25) is 5.88 Å². The van der Waals surface area contributed by atoms with E-state index < -0.39 is 0 Å². The molecule has 5 rings (SSSR count). The van der Waals surface area contributed by atoms with E-state index in [1.54, 1.807) is 12.4 Å². The molecule has 3 aromatic heterocycles. The summed E-state index contributed by atoms with van der Waals surface area (Å²) in [6.45, 7) is 5.38. The monoisotopic (exact) mass is 484 g/mol. The summed E-state index contributed by atoms with van der Waals surface area (Å²) in [5.41, 5.74) is 4.94. The standard InChI is InChI=1S/C24H22Cl2N4O3/c1-13-7-15(9-28-24(13)33-17-5-6-31-11-17)23-18-8-16(3-4-21(18)29-30-23)32-12-19-20(25)10-27-14(2)22(19)26/h3-4,7-10,17H,5-6,11-12H2,1-2H3,(H,29,30). The van der Waals surface area contributed by atoms with Crippen molar-refractivity contribution in [3.63, 3.8) is 0 Å². The minimum atomic E-state index is 0.0548. The van der Waals surface area contributed by atoms with Gasteiger partial charge in [-0.1, -0.05) is 23.2 Å². The SMILES string of the molecule is Cc1cc(-c2n[nH]c3ccc(OCc4c(Cl)cnc(C)c4Cl)cc23)cnc1OC1CCOC1. The third-order valence-corrected chi connectivity index (χ3v) is 6.46. The summed E-state index contributed by atoms with van der Waals surface area (Å²) >= 11 is 12.6. The van der Waals surface area contributed by atoms with Crippen molar-refractivity contribution in [1.82, 2.24) is 20.2 Å². The summed E-state index contributed by atoms with van der Waals surface area (Å²) in [5.74, 6) is 1.30. The van der Waals surface area contributed by atoms with Gasteiger partial charge in [-0.15, -0.1) is 0 Å². The van der Waals surface area contributed by atoms with Crippen LogP contribution in [-0.2, 0) is 11.3 Å². The average Bonchev–Trinajstić information content (AvgIpc) is 3.47. The zero-order valence-electron chi connectivity index (χ0n) is 18.2. The highest BCUT2D eigenvalue weighted by molar-refractivity contribution is 6.36. The quantitative estimate of drug-likeness (QED) is 0.378. The molecule has 0 bridgehead atoms. The molecular formula is C24H22Cl2N4O3. The fourth-order valence-corrected chi connectivity index (χ4v) is 4.23. The van der Waals surface area contributed by atoms with E-state index in [2.05, 4.69) is 20.2 Å². The van der Waals surface area contributed by atoms with E-state index >= 15 is 0 Å². The summed E-state index contributed by atoms with van der Waals surface area (Å²) in [7, 11) is 0. The van der Waals surface area contributed by atoms with Crippen LogP contribution in [-0.4, -0.2) is 39.5 Å². The normalized spacial score (nSPS) is 15.8. The van der Waals surface area contributed by atoms with E-state index in [4.69, 9.17) is 37.4 Å². The summed E-state index contributed by atoms with van der Waals surface area (Å²) in [4.78, 5) is 8.69. The van der Waals surface area contributed by atoms with Crippen LogP contribution < -0.4 is 9.47 Å². The van der Waals surface area contributed by atoms with Crippen molar-refractivity contribution < 1.29 is 14.2 Å². The Kier molecular flexibility index (Phi) is 6.10. The zero-order valence-corrected chi connectivity index (χ0v) is 19.7. The number of benzene rings is 1. The minimum Gasteiger partial charge on any atom is -0.489 e. The number of hydrogen-bond acceptors (Lipinski definition) is 6. The first-order chi connectivity index (χ1) is 16.0. The Hall–Kier alpha value is -2.87. The van der Waals surface area contributed by atoms with Gasteiger partial charge in [0, 0.05) is 40.9 Å². The van der Waals surface area contributed by atoms with Crippen LogP contribution in [0.1, 0.15) is 23.2 Å². The molecule has 1 aromatic carbocycles. The Morgan fingerprint density at radius 3 is 2.82 bits per heavy atom. The molecule has 9 heteroatoms. The van der Waals surface area contributed by atoms with Crippen LogP contribution >= 0.6 is 23.2 Å². The van der Waals surface area contributed by atoms with Gasteiger partial charge >= 0.3 is 0 Å². The molecular weight excluding hydrogens is 463 g/mol. The number of aromatic nitrogens is 4. The van der Waals surface area contributed by atoms with Crippen molar-refractivity contribution in [3.05, 3.63) is 63.5 Å². The Bertz CT molecular complexity index is 1320. The van der Waals surface area contributed by atoms with Gasteiger partial charge in [-0.3, -0.25) is 10.1 Å². The largest absolute Gasteiger partial charge is 0.489 e. The third kappa shape index (κ3) is 4.49. The van der Waals surface area contributed by atoms with E-state index in [0.29, 0.717) is 39.5 Å². The molecule has 0 aliphatic carbocycles. The first kappa shape index (κ1) is 21.9. The number of fused-ring (bicyclic) bond motifs is 1. The lowest BCUT2D eigenvalue weighted by atomic mass is 10.1. The maximum Gasteiger partial charge on any atom is 0.216 e. The van der Waals surface area contributed by atoms with E-state index in [0.717, 1.165) is 40.8 Å². The van der Waals surface area contributed by atoms with Gasteiger partial charge in [-0.2, -0.15) is 5.10 Å². The van der Waals surface area contributed by atoms with Gasteiger partial charge in [0.05, 0.1) is 34.5 Å². The zero-order chi connectivity index (χ0) is 22.9. The van der Waals surface area contributed by atoms with Gasteiger partial charge in [0.1, 0.15) is 24.2 Å². The van der Waals surface area contributed by atoms with Crippen LogP contribution in [0, 0.1) is 13.8 Å². The van der Waals surface area contributed by atoms with Crippen molar-refractivity contribution in [1.29, 1.82) is 0 Å². The molecule has 1 N–H and O–H groups in total. The van der Waals surface area contributed by atoms with Crippen molar-refractivity contribution in [2.75, 3.05) is 13.2 Å². The molecule has 1 atom stereocenters. The van der Waals surface area contributed by atoms with Gasteiger partial charge in [0.15, 0.2) is 0 Å². The number of nitrogens with one attached hydrogen (secondary N) is 1. The van der Waals surface area contributed by atoms with E-state index in [1.165, 1.54) is 0 Å². The smallest absolute Gasteiger partial charge is 0.216 e. The van der Waals surface area contributed by atoms with Crippen LogP contribution in [0.15, 0.2) is 36.7 Å². The lowest BCUT2D eigenvalue weighted by molar-refractivity contribution is 0.137. The first-order valence-electron chi connectivity index (χ1n) is 10.6. The molecule has 1 saturated heterocycles.